The van der Waals surface area contributed by atoms with Gasteiger partial charge in [-0.3, -0.25) is 0 Å². The summed E-state index contributed by atoms with van der Waals surface area (Å²) in [4.78, 5) is 0. The highest BCUT2D eigenvalue weighted by atomic mass is 32.2. The molecule has 21 heavy (non-hydrogen) atoms. The van der Waals surface area contributed by atoms with Gasteiger partial charge >= 0.3 is 0 Å². The molecule has 1 spiro atoms. The van der Waals surface area contributed by atoms with Crippen molar-refractivity contribution in [1.82, 2.24) is 5.32 Å². The molecule has 122 valence electrons. The minimum atomic E-state index is 0.230. The van der Waals surface area contributed by atoms with Crippen molar-refractivity contribution in [3.05, 3.63) is 0 Å². The topological polar surface area (TPSA) is 21.3 Å². The third-order valence-electron chi connectivity index (χ3n) is 6.46. The average molecular weight is 312 g/mol. The summed E-state index contributed by atoms with van der Waals surface area (Å²) in [7, 11) is 2.20. The first-order valence-electron chi connectivity index (χ1n) is 9.07. The van der Waals surface area contributed by atoms with E-state index in [4.69, 9.17) is 4.74 Å². The van der Waals surface area contributed by atoms with Gasteiger partial charge in [0, 0.05) is 12.6 Å². The Kier molecular flexibility index (Phi) is 5.23. The van der Waals surface area contributed by atoms with Crippen molar-refractivity contribution in [1.29, 1.82) is 0 Å². The predicted octanol–water partition coefficient (Wildman–Crippen LogP) is 4.24. The molecule has 0 aromatic carbocycles. The van der Waals surface area contributed by atoms with Crippen LogP contribution < -0.4 is 5.32 Å². The maximum atomic E-state index is 6.31. The van der Waals surface area contributed by atoms with Gasteiger partial charge in [-0.05, 0) is 68.4 Å². The van der Waals surface area contributed by atoms with Crippen LogP contribution in [0.4, 0.5) is 0 Å². The highest BCUT2D eigenvalue weighted by Gasteiger charge is 2.45. The van der Waals surface area contributed by atoms with Crippen LogP contribution in [-0.2, 0) is 4.74 Å². The molecular formula is C18H33NOS. The van der Waals surface area contributed by atoms with Gasteiger partial charge < -0.3 is 10.1 Å². The zero-order valence-corrected chi connectivity index (χ0v) is 14.8. The van der Waals surface area contributed by atoms with E-state index in [-0.39, 0.29) is 5.60 Å². The highest BCUT2D eigenvalue weighted by Crippen LogP contribution is 2.47. The van der Waals surface area contributed by atoms with E-state index in [9.17, 15) is 0 Å². The SMILES string of the molecule is CNC(C1CCOC2(CCSCC2)C1)C1(C)CCCCC1. The zero-order chi connectivity index (χ0) is 14.8. The van der Waals surface area contributed by atoms with E-state index in [0.717, 1.165) is 12.5 Å². The summed E-state index contributed by atoms with van der Waals surface area (Å²) in [6.07, 6.45) is 12.3. The van der Waals surface area contributed by atoms with Crippen LogP contribution in [0, 0.1) is 11.3 Å². The Morgan fingerprint density at radius 1 is 1.10 bits per heavy atom. The molecule has 1 saturated carbocycles. The Labute approximate surface area is 135 Å². The van der Waals surface area contributed by atoms with Crippen LogP contribution in [0.25, 0.3) is 0 Å². The Hall–Kier alpha value is 0.270. The second-order valence-electron chi connectivity index (χ2n) is 7.88. The first-order chi connectivity index (χ1) is 10.2. The van der Waals surface area contributed by atoms with Gasteiger partial charge in [0.15, 0.2) is 0 Å². The number of rotatable bonds is 3. The molecule has 0 bridgehead atoms. The third kappa shape index (κ3) is 3.45. The summed E-state index contributed by atoms with van der Waals surface area (Å²) in [5, 5.41) is 3.74. The smallest absolute Gasteiger partial charge is 0.0701 e. The van der Waals surface area contributed by atoms with Crippen LogP contribution in [0.3, 0.4) is 0 Å². The number of ether oxygens (including phenoxy) is 1. The molecule has 2 atom stereocenters. The molecular weight excluding hydrogens is 278 g/mol. The van der Waals surface area contributed by atoms with Gasteiger partial charge in [-0.2, -0.15) is 11.8 Å². The van der Waals surface area contributed by atoms with Crippen LogP contribution in [0.2, 0.25) is 0 Å². The van der Waals surface area contributed by atoms with Gasteiger partial charge in [0.1, 0.15) is 0 Å². The molecule has 1 aliphatic carbocycles. The van der Waals surface area contributed by atoms with Crippen molar-refractivity contribution >= 4 is 11.8 Å². The summed E-state index contributed by atoms with van der Waals surface area (Å²) in [5.74, 6) is 3.41. The molecule has 0 amide bonds. The molecule has 2 nitrogen and oxygen atoms in total. The van der Waals surface area contributed by atoms with Gasteiger partial charge in [0.05, 0.1) is 5.60 Å². The molecule has 3 fully saturated rings. The van der Waals surface area contributed by atoms with Crippen LogP contribution in [0.5, 0.6) is 0 Å². The zero-order valence-electron chi connectivity index (χ0n) is 14.0. The van der Waals surface area contributed by atoms with E-state index in [1.165, 1.54) is 69.3 Å². The van der Waals surface area contributed by atoms with Gasteiger partial charge in [-0.1, -0.05) is 26.2 Å². The molecule has 3 heteroatoms. The molecule has 0 aromatic heterocycles. The number of thioether (sulfide) groups is 1. The number of nitrogens with one attached hydrogen (secondary N) is 1. The molecule has 2 heterocycles. The minimum absolute atomic E-state index is 0.230. The summed E-state index contributed by atoms with van der Waals surface area (Å²) < 4.78 is 6.31. The molecule has 0 aromatic rings. The van der Waals surface area contributed by atoms with E-state index in [1.807, 2.05) is 0 Å². The number of hydrogen-bond donors (Lipinski definition) is 1. The second kappa shape index (κ2) is 6.80. The predicted molar refractivity (Wildman–Crippen MR) is 92.0 cm³/mol. The fraction of sp³-hybridized carbons (Fsp3) is 1.00. The van der Waals surface area contributed by atoms with Crippen LogP contribution in [0.15, 0.2) is 0 Å². The lowest BCUT2D eigenvalue weighted by Gasteiger charge is -2.50. The van der Waals surface area contributed by atoms with Crippen molar-refractivity contribution < 1.29 is 4.74 Å². The fourth-order valence-corrected chi connectivity index (χ4v) is 6.50. The van der Waals surface area contributed by atoms with Crippen LogP contribution >= 0.6 is 11.8 Å². The van der Waals surface area contributed by atoms with Crippen molar-refractivity contribution in [2.75, 3.05) is 25.2 Å². The first kappa shape index (κ1) is 16.1. The van der Waals surface area contributed by atoms with E-state index >= 15 is 0 Å². The molecule has 1 N–H and O–H groups in total. The molecule has 0 radical (unpaired) electrons. The Morgan fingerprint density at radius 3 is 2.48 bits per heavy atom. The molecule has 2 saturated heterocycles. The van der Waals surface area contributed by atoms with E-state index < -0.39 is 0 Å². The van der Waals surface area contributed by atoms with E-state index in [2.05, 4.69) is 31.1 Å². The monoisotopic (exact) mass is 311 g/mol. The summed E-state index contributed by atoms with van der Waals surface area (Å²) in [6, 6.07) is 0.688. The van der Waals surface area contributed by atoms with Gasteiger partial charge in [-0.15, -0.1) is 0 Å². The Balaban J connectivity index is 1.71. The first-order valence-corrected chi connectivity index (χ1v) is 10.2. The lowest BCUT2D eigenvalue weighted by atomic mass is 9.64. The van der Waals surface area contributed by atoms with Crippen LogP contribution in [0.1, 0.15) is 64.7 Å². The molecule has 3 aliphatic rings. The fourth-order valence-electron chi connectivity index (χ4n) is 5.27. The minimum Gasteiger partial charge on any atom is -0.375 e. The summed E-state index contributed by atoms with van der Waals surface area (Å²) in [6.45, 7) is 3.54. The molecule has 3 rings (SSSR count). The van der Waals surface area contributed by atoms with Gasteiger partial charge in [-0.25, -0.2) is 0 Å². The van der Waals surface area contributed by atoms with Crippen LogP contribution in [-0.4, -0.2) is 36.8 Å². The van der Waals surface area contributed by atoms with Gasteiger partial charge in [0.25, 0.3) is 0 Å². The average Bonchev–Trinajstić information content (AvgIpc) is 2.49. The highest BCUT2D eigenvalue weighted by molar-refractivity contribution is 7.99. The molecule has 2 aliphatic heterocycles. The second-order valence-corrected chi connectivity index (χ2v) is 9.10. The maximum absolute atomic E-state index is 6.31. The third-order valence-corrected chi connectivity index (χ3v) is 7.45. The van der Waals surface area contributed by atoms with E-state index in [1.54, 1.807) is 0 Å². The molecule has 2 unspecified atom stereocenters. The summed E-state index contributed by atoms with van der Waals surface area (Å²) in [5.41, 5.74) is 0.744. The van der Waals surface area contributed by atoms with E-state index in [0.29, 0.717) is 11.5 Å². The lowest BCUT2D eigenvalue weighted by molar-refractivity contribution is -0.115. The maximum Gasteiger partial charge on any atom is 0.0701 e. The lowest BCUT2D eigenvalue weighted by Crippen LogP contribution is -2.53. The quantitative estimate of drug-likeness (QED) is 0.842. The Morgan fingerprint density at radius 2 is 1.81 bits per heavy atom. The van der Waals surface area contributed by atoms with Crippen molar-refractivity contribution in [3.63, 3.8) is 0 Å². The normalized spacial score (nSPS) is 33.7. The standard InChI is InChI=1S/C18H33NOS/c1-17(7-4-3-5-8-17)16(19-2)15-6-11-20-18(14-15)9-12-21-13-10-18/h15-16,19H,3-14H2,1-2H3. The van der Waals surface area contributed by atoms with Crippen molar-refractivity contribution in [3.8, 4) is 0 Å². The van der Waals surface area contributed by atoms with Gasteiger partial charge in [0.2, 0.25) is 0 Å². The summed E-state index contributed by atoms with van der Waals surface area (Å²) >= 11 is 2.11. The van der Waals surface area contributed by atoms with Crippen molar-refractivity contribution in [2.45, 2.75) is 76.4 Å². The Bertz CT molecular complexity index is 329. The number of hydrogen-bond acceptors (Lipinski definition) is 3. The largest absolute Gasteiger partial charge is 0.375 e. The van der Waals surface area contributed by atoms with Crippen molar-refractivity contribution in [2.24, 2.45) is 11.3 Å².